The Morgan fingerprint density at radius 1 is 1.29 bits per heavy atom. The molecule has 0 radical (unpaired) electrons. The number of nitrogens with zero attached hydrogens (tertiary/aromatic N) is 2. The van der Waals surface area contributed by atoms with Crippen molar-refractivity contribution < 1.29 is 4.79 Å². The molecular weight excluding hydrogens is 214 g/mol. The second kappa shape index (κ2) is 4.10. The van der Waals surface area contributed by atoms with Gasteiger partial charge in [0.1, 0.15) is 0 Å². The lowest BCUT2D eigenvalue weighted by atomic mass is 9.96. The molecule has 17 heavy (non-hydrogen) atoms. The highest BCUT2D eigenvalue weighted by atomic mass is 16.2. The number of nitriles is 1. The van der Waals surface area contributed by atoms with E-state index in [4.69, 9.17) is 5.26 Å². The summed E-state index contributed by atoms with van der Waals surface area (Å²) in [6.07, 6.45) is 1.88. The molecule has 4 nitrogen and oxygen atoms in total. The maximum absolute atomic E-state index is 11.4. The molecule has 4 heteroatoms. The molecule has 0 spiro atoms. The van der Waals surface area contributed by atoms with E-state index in [1.165, 1.54) is 11.1 Å². The Morgan fingerprint density at radius 2 is 1.94 bits per heavy atom. The van der Waals surface area contributed by atoms with E-state index in [0.717, 1.165) is 16.0 Å². The van der Waals surface area contributed by atoms with E-state index in [2.05, 4.69) is 31.3 Å². The molecule has 0 aromatic heterocycles. The predicted octanol–water partition coefficient (Wildman–Crippen LogP) is 2.16. The van der Waals surface area contributed by atoms with E-state index < -0.39 is 0 Å². The molecule has 2 rings (SSSR count). The van der Waals surface area contributed by atoms with Gasteiger partial charge >= 0.3 is 6.03 Å². The van der Waals surface area contributed by atoms with Crippen LogP contribution in [0.4, 0.5) is 4.79 Å². The molecule has 1 saturated heterocycles. The van der Waals surface area contributed by atoms with Crippen LogP contribution in [-0.2, 0) is 0 Å². The lowest BCUT2D eigenvalue weighted by Crippen LogP contribution is -2.23. The Bertz CT molecular complexity index is 516. The van der Waals surface area contributed by atoms with Crippen LogP contribution in [0, 0.1) is 32.2 Å². The quantitative estimate of drug-likeness (QED) is 0.750. The number of carbonyl (C=O) groups excluding carboxylic acids is 1. The molecule has 1 aliphatic heterocycles. The van der Waals surface area contributed by atoms with Crippen molar-refractivity contribution in [3.63, 3.8) is 0 Å². The van der Waals surface area contributed by atoms with Gasteiger partial charge in [-0.3, -0.25) is 0 Å². The average molecular weight is 229 g/mol. The lowest BCUT2D eigenvalue weighted by molar-refractivity contribution is 0.232. The zero-order chi connectivity index (χ0) is 12.6. The highest BCUT2D eigenvalue weighted by Crippen LogP contribution is 2.25. The minimum absolute atomic E-state index is 0.0820. The second-order valence-corrected chi connectivity index (χ2v) is 4.51. The molecular formula is C13H15N3O. The summed E-state index contributed by atoms with van der Waals surface area (Å²) < 4.78 is 0. The van der Waals surface area contributed by atoms with Crippen LogP contribution in [0.5, 0.6) is 0 Å². The molecule has 88 valence electrons. The normalized spacial score (nSPS) is 19.1. The van der Waals surface area contributed by atoms with Gasteiger partial charge in [0.05, 0.1) is 12.6 Å². The van der Waals surface area contributed by atoms with Crippen LogP contribution < -0.4 is 5.32 Å². The first kappa shape index (κ1) is 11.5. The Balaban J connectivity index is 2.34. The van der Waals surface area contributed by atoms with Gasteiger partial charge in [-0.25, -0.2) is 9.69 Å². The van der Waals surface area contributed by atoms with Crippen molar-refractivity contribution in [3.05, 3.63) is 34.4 Å². The molecule has 0 bridgehead atoms. The fourth-order valence-electron chi connectivity index (χ4n) is 2.16. The van der Waals surface area contributed by atoms with Crippen LogP contribution in [0.1, 0.15) is 28.3 Å². The highest BCUT2D eigenvalue weighted by Gasteiger charge is 2.30. The maximum Gasteiger partial charge on any atom is 0.331 e. The van der Waals surface area contributed by atoms with E-state index >= 15 is 0 Å². The molecule has 1 N–H and O–H groups in total. The molecule has 1 fully saturated rings. The van der Waals surface area contributed by atoms with Crippen LogP contribution >= 0.6 is 0 Å². The van der Waals surface area contributed by atoms with Gasteiger partial charge in [0.15, 0.2) is 6.19 Å². The first-order chi connectivity index (χ1) is 8.02. The zero-order valence-electron chi connectivity index (χ0n) is 10.2. The number of rotatable bonds is 1. The third kappa shape index (κ3) is 1.96. The Labute approximate surface area is 101 Å². The van der Waals surface area contributed by atoms with Crippen LogP contribution in [0.2, 0.25) is 0 Å². The lowest BCUT2D eigenvalue weighted by Gasteiger charge is -2.15. The molecule has 1 aliphatic rings. The Morgan fingerprint density at radius 3 is 2.53 bits per heavy atom. The van der Waals surface area contributed by atoms with Gasteiger partial charge < -0.3 is 5.32 Å². The topological polar surface area (TPSA) is 56.1 Å². The number of carbonyl (C=O) groups is 1. The van der Waals surface area contributed by atoms with Crippen molar-refractivity contribution >= 4 is 6.03 Å². The Hall–Kier alpha value is -2.02. The summed E-state index contributed by atoms with van der Waals surface area (Å²) in [4.78, 5) is 12.6. The summed E-state index contributed by atoms with van der Waals surface area (Å²) >= 11 is 0. The number of hydrogen-bond acceptors (Lipinski definition) is 2. The number of urea groups is 1. The van der Waals surface area contributed by atoms with Gasteiger partial charge in [-0.1, -0.05) is 12.1 Å². The van der Waals surface area contributed by atoms with Gasteiger partial charge in [0.2, 0.25) is 0 Å². The van der Waals surface area contributed by atoms with Crippen molar-refractivity contribution in [1.82, 2.24) is 10.2 Å². The third-order valence-corrected chi connectivity index (χ3v) is 3.29. The summed E-state index contributed by atoms with van der Waals surface area (Å²) in [6.45, 7) is 6.57. The monoisotopic (exact) mass is 229 g/mol. The zero-order valence-corrected chi connectivity index (χ0v) is 10.2. The summed E-state index contributed by atoms with van der Waals surface area (Å²) in [7, 11) is 0. The van der Waals surface area contributed by atoms with E-state index in [0.29, 0.717) is 6.54 Å². The predicted molar refractivity (Wildman–Crippen MR) is 64.2 cm³/mol. The molecule has 1 atom stereocenters. The van der Waals surface area contributed by atoms with E-state index in [9.17, 15) is 4.79 Å². The fourth-order valence-corrected chi connectivity index (χ4v) is 2.16. The number of amides is 2. The number of benzene rings is 1. The number of hydrogen-bond donors (Lipinski definition) is 1. The summed E-state index contributed by atoms with van der Waals surface area (Å²) in [6, 6.07) is 3.82. The molecule has 2 amide bonds. The van der Waals surface area contributed by atoms with E-state index in [-0.39, 0.29) is 12.1 Å². The fraction of sp³-hybridized carbons (Fsp3) is 0.385. The van der Waals surface area contributed by atoms with Gasteiger partial charge in [-0.15, -0.1) is 0 Å². The number of nitrogens with one attached hydrogen (secondary N) is 1. The maximum atomic E-state index is 11.4. The number of aryl methyl sites for hydroxylation is 3. The summed E-state index contributed by atoms with van der Waals surface area (Å²) in [5.41, 5.74) is 4.69. The van der Waals surface area contributed by atoms with Crippen LogP contribution in [0.25, 0.3) is 0 Å². The van der Waals surface area contributed by atoms with Crippen LogP contribution in [0.3, 0.4) is 0 Å². The van der Waals surface area contributed by atoms with E-state index in [1.807, 2.05) is 13.1 Å². The van der Waals surface area contributed by atoms with Crippen molar-refractivity contribution in [1.29, 1.82) is 5.26 Å². The molecule has 1 aromatic carbocycles. The minimum Gasteiger partial charge on any atom is -0.328 e. The summed E-state index contributed by atoms with van der Waals surface area (Å²) in [5.74, 6) is 0. The smallest absolute Gasteiger partial charge is 0.328 e. The van der Waals surface area contributed by atoms with Gasteiger partial charge in [0, 0.05) is 0 Å². The van der Waals surface area contributed by atoms with Crippen molar-refractivity contribution in [2.45, 2.75) is 26.8 Å². The van der Waals surface area contributed by atoms with Crippen molar-refractivity contribution in [2.24, 2.45) is 0 Å². The standard InChI is InChI=1S/C13H15N3O/c1-8-4-10(3)11(5-9(8)2)12-6-16(7-14)13(17)15-12/h4-5,12H,6H2,1-3H3,(H,15,17). The summed E-state index contributed by atoms with van der Waals surface area (Å²) in [5, 5.41) is 11.6. The van der Waals surface area contributed by atoms with Crippen LogP contribution in [-0.4, -0.2) is 17.5 Å². The molecule has 1 heterocycles. The minimum atomic E-state index is -0.310. The average Bonchev–Trinajstić information content (AvgIpc) is 2.65. The van der Waals surface area contributed by atoms with Gasteiger partial charge in [-0.05, 0) is 43.0 Å². The molecule has 1 aromatic rings. The first-order valence-corrected chi connectivity index (χ1v) is 5.58. The largest absolute Gasteiger partial charge is 0.331 e. The highest BCUT2D eigenvalue weighted by molar-refractivity contribution is 5.79. The van der Waals surface area contributed by atoms with Crippen LogP contribution in [0.15, 0.2) is 12.1 Å². The molecule has 0 saturated carbocycles. The van der Waals surface area contributed by atoms with E-state index in [1.54, 1.807) is 0 Å². The molecule has 0 aliphatic carbocycles. The second-order valence-electron chi connectivity index (χ2n) is 4.51. The first-order valence-electron chi connectivity index (χ1n) is 5.58. The van der Waals surface area contributed by atoms with Gasteiger partial charge in [0.25, 0.3) is 0 Å². The molecule has 1 unspecified atom stereocenters. The van der Waals surface area contributed by atoms with Crippen molar-refractivity contribution in [2.75, 3.05) is 6.54 Å². The van der Waals surface area contributed by atoms with Gasteiger partial charge in [-0.2, -0.15) is 5.26 Å². The third-order valence-electron chi connectivity index (χ3n) is 3.29. The Kier molecular flexibility index (Phi) is 2.76. The SMILES string of the molecule is Cc1cc(C)c(C2CN(C#N)C(=O)N2)cc1C. The van der Waals surface area contributed by atoms with Crippen molar-refractivity contribution in [3.8, 4) is 6.19 Å².